The van der Waals surface area contributed by atoms with Gasteiger partial charge in [0.1, 0.15) is 0 Å². The number of nitrogens with one attached hydrogen (secondary N) is 2. The molecule has 0 aromatic rings. The molecule has 5 rings (SSSR count). The van der Waals surface area contributed by atoms with Gasteiger partial charge in [0.2, 0.25) is 0 Å². The van der Waals surface area contributed by atoms with E-state index in [4.69, 9.17) is 9.47 Å². The summed E-state index contributed by atoms with van der Waals surface area (Å²) in [5.74, 6) is 0. The lowest BCUT2D eigenvalue weighted by atomic mass is 9.84. The van der Waals surface area contributed by atoms with Gasteiger partial charge in [0.05, 0.1) is 24.4 Å². The van der Waals surface area contributed by atoms with Crippen molar-refractivity contribution in [2.24, 2.45) is 0 Å². The predicted octanol–water partition coefficient (Wildman–Crippen LogP) is 6.80. The Morgan fingerprint density at radius 2 is 0.647 bits per heavy atom. The maximum Gasteiger partial charge on any atom is 0.0731 e. The van der Waals surface area contributed by atoms with E-state index >= 15 is 0 Å². The summed E-state index contributed by atoms with van der Waals surface area (Å²) >= 11 is 0. The van der Waals surface area contributed by atoms with Crippen molar-refractivity contribution in [2.75, 3.05) is 0 Å². The lowest BCUT2D eigenvalue weighted by Gasteiger charge is -2.44. The van der Waals surface area contributed by atoms with Crippen LogP contribution < -0.4 is 10.6 Å². The molecule has 196 valence electrons. The highest BCUT2D eigenvalue weighted by Crippen LogP contribution is 2.31. The second kappa shape index (κ2) is 13.4. The largest absolute Gasteiger partial charge is 0.373 e. The third kappa shape index (κ3) is 7.20. The van der Waals surface area contributed by atoms with E-state index in [1.165, 1.54) is 141 Å². The van der Waals surface area contributed by atoms with E-state index in [0.29, 0.717) is 48.6 Å². The van der Waals surface area contributed by atoms with Crippen LogP contribution in [0.4, 0.5) is 0 Å². The van der Waals surface area contributed by atoms with E-state index < -0.39 is 0 Å². The fourth-order valence-electron chi connectivity index (χ4n) is 7.88. The quantitative estimate of drug-likeness (QED) is 0.406. The van der Waals surface area contributed by atoms with Crippen molar-refractivity contribution < 1.29 is 9.47 Å². The maximum absolute atomic E-state index is 6.77. The van der Waals surface area contributed by atoms with Crippen molar-refractivity contribution in [2.45, 2.75) is 190 Å². The monoisotopic (exact) mass is 474 g/mol. The zero-order valence-electron chi connectivity index (χ0n) is 22.0. The van der Waals surface area contributed by atoms with Crippen molar-refractivity contribution >= 4 is 0 Å². The second-order valence-corrected chi connectivity index (χ2v) is 12.5. The normalized spacial score (nSPS) is 39.2. The molecule has 0 heterocycles. The van der Waals surface area contributed by atoms with Crippen molar-refractivity contribution in [3.8, 4) is 0 Å². The van der Waals surface area contributed by atoms with Crippen molar-refractivity contribution in [3.63, 3.8) is 0 Å². The number of rotatable bonds is 8. The molecule has 0 spiro atoms. The molecular formula is C30H54N2O2. The Morgan fingerprint density at radius 3 is 1.06 bits per heavy atom. The fourth-order valence-corrected chi connectivity index (χ4v) is 7.88. The van der Waals surface area contributed by atoms with Gasteiger partial charge in [-0.15, -0.1) is 0 Å². The first-order valence-corrected chi connectivity index (χ1v) is 15.7. The molecule has 0 saturated heterocycles. The third-order valence-corrected chi connectivity index (χ3v) is 9.87. The predicted molar refractivity (Wildman–Crippen MR) is 140 cm³/mol. The lowest BCUT2D eigenvalue weighted by molar-refractivity contribution is -0.0681. The van der Waals surface area contributed by atoms with Gasteiger partial charge in [0, 0.05) is 24.2 Å². The van der Waals surface area contributed by atoms with Crippen LogP contribution in [0.5, 0.6) is 0 Å². The number of hydrogen-bond acceptors (Lipinski definition) is 4. The first-order valence-electron chi connectivity index (χ1n) is 15.7. The van der Waals surface area contributed by atoms with E-state index in [1.807, 2.05) is 0 Å². The Balaban J connectivity index is 1.17. The summed E-state index contributed by atoms with van der Waals surface area (Å²) in [5.41, 5.74) is 0. The Bertz CT molecular complexity index is 524. The summed E-state index contributed by atoms with van der Waals surface area (Å²) in [4.78, 5) is 0. The van der Waals surface area contributed by atoms with Crippen LogP contribution in [0.1, 0.15) is 141 Å². The van der Waals surface area contributed by atoms with Gasteiger partial charge < -0.3 is 20.1 Å². The maximum atomic E-state index is 6.77. The summed E-state index contributed by atoms with van der Waals surface area (Å²) in [6.07, 6.45) is 31.4. The summed E-state index contributed by atoms with van der Waals surface area (Å²) in [7, 11) is 0. The van der Waals surface area contributed by atoms with Gasteiger partial charge in [0.25, 0.3) is 0 Å². The molecule has 5 aliphatic carbocycles. The average Bonchev–Trinajstić information content (AvgIpc) is 2.89. The Hall–Kier alpha value is -0.160. The molecule has 2 N–H and O–H groups in total. The highest BCUT2D eigenvalue weighted by atomic mass is 16.5. The molecule has 4 heteroatoms. The molecule has 0 amide bonds. The third-order valence-electron chi connectivity index (χ3n) is 9.87. The molecule has 0 bridgehead atoms. The highest BCUT2D eigenvalue weighted by molar-refractivity contribution is 4.95. The van der Waals surface area contributed by atoms with Crippen LogP contribution in [0.15, 0.2) is 0 Å². The van der Waals surface area contributed by atoms with E-state index in [-0.39, 0.29) is 0 Å². The minimum Gasteiger partial charge on any atom is -0.373 e. The smallest absolute Gasteiger partial charge is 0.0731 e. The zero-order chi connectivity index (χ0) is 23.0. The summed E-state index contributed by atoms with van der Waals surface area (Å²) in [6.45, 7) is 0. The van der Waals surface area contributed by atoms with Gasteiger partial charge in [-0.2, -0.15) is 0 Å². The van der Waals surface area contributed by atoms with Gasteiger partial charge >= 0.3 is 0 Å². The van der Waals surface area contributed by atoms with Crippen molar-refractivity contribution in [1.82, 2.24) is 10.6 Å². The highest BCUT2D eigenvalue weighted by Gasteiger charge is 2.36. The SMILES string of the molecule is C1CCC(OC2CCCCC2NC2CCCCC2NC2CCCCC2OC2CCCCC2)CC1. The molecule has 5 aliphatic rings. The van der Waals surface area contributed by atoms with Crippen LogP contribution in [0.2, 0.25) is 0 Å². The second-order valence-electron chi connectivity index (χ2n) is 12.5. The van der Waals surface area contributed by atoms with E-state index in [0.717, 1.165) is 0 Å². The Labute approximate surface area is 210 Å². The number of ether oxygens (including phenoxy) is 2. The molecule has 4 nitrogen and oxygen atoms in total. The van der Waals surface area contributed by atoms with Crippen LogP contribution in [-0.2, 0) is 9.47 Å². The standard InChI is InChI=1S/C30H54N2O2/c1-3-13-23(14-4-1)33-29-21-11-9-19-27(29)31-25-17-7-8-18-26(25)32-28-20-10-12-22-30(28)34-24-15-5-2-6-16-24/h23-32H,1-22H2. The van der Waals surface area contributed by atoms with Gasteiger partial charge in [0.15, 0.2) is 0 Å². The number of hydrogen-bond donors (Lipinski definition) is 2. The molecule has 6 atom stereocenters. The average molecular weight is 475 g/mol. The summed E-state index contributed by atoms with van der Waals surface area (Å²) < 4.78 is 13.5. The fraction of sp³-hybridized carbons (Fsp3) is 1.00. The topological polar surface area (TPSA) is 42.5 Å². The molecule has 0 aliphatic heterocycles. The molecule has 5 saturated carbocycles. The lowest BCUT2D eigenvalue weighted by Crippen LogP contribution is -2.60. The molecule has 0 aromatic heterocycles. The zero-order valence-corrected chi connectivity index (χ0v) is 22.0. The van der Waals surface area contributed by atoms with Crippen LogP contribution in [0, 0.1) is 0 Å². The summed E-state index contributed by atoms with van der Waals surface area (Å²) in [5, 5.41) is 8.41. The van der Waals surface area contributed by atoms with Crippen molar-refractivity contribution in [1.29, 1.82) is 0 Å². The van der Waals surface area contributed by atoms with Crippen LogP contribution in [0.3, 0.4) is 0 Å². The summed E-state index contributed by atoms with van der Waals surface area (Å²) in [6, 6.07) is 2.32. The van der Waals surface area contributed by atoms with E-state index in [1.54, 1.807) is 0 Å². The van der Waals surface area contributed by atoms with Gasteiger partial charge in [-0.3, -0.25) is 0 Å². The van der Waals surface area contributed by atoms with Crippen LogP contribution >= 0.6 is 0 Å². The van der Waals surface area contributed by atoms with Crippen molar-refractivity contribution in [3.05, 3.63) is 0 Å². The van der Waals surface area contributed by atoms with E-state index in [9.17, 15) is 0 Å². The molecule has 0 radical (unpaired) electrons. The van der Waals surface area contributed by atoms with Crippen LogP contribution in [0.25, 0.3) is 0 Å². The van der Waals surface area contributed by atoms with E-state index in [2.05, 4.69) is 10.6 Å². The molecule has 34 heavy (non-hydrogen) atoms. The molecule has 5 fully saturated rings. The first kappa shape index (κ1) is 25.5. The Morgan fingerprint density at radius 1 is 0.324 bits per heavy atom. The molecule has 6 unspecified atom stereocenters. The minimum absolute atomic E-state index is 0.441. The minimum atomic E-state index is 0.441. The van der Waals surface area contributed by atoms with Gasteiger partial charge in [-0.25, -0.2) is 0 Å². The Kier molecular flexibility index (Phi) is 10.0. The van der Waals surface area contributed by atoms with Crippen LogP contribution in [-0.4, -0.2) is 48.6 Å². The molecule has 0 aromatic carbocycles. The molecular weight excluding hydrogens is 420 g/mol. The van der Waals surface area contributed by atoms with Gasteiger partial charge in [-0.05, 0) is 64.2 Å². The van der Waals surface area contributed by atoms with Gasteiger partial charge in [-0.1, -0.05) is 77.0 Å². The first-order chi connectivity index (χ1) is 16.8.